The van der Waals surface area contributed by atoms with Gasteiger partial charge in [-0.3, -0.25) is 0 Å². The zero-order chi connectivity index (χ0) is 17.7. The van der Waals surface area contributed by atoms with Crippen molar-refractivity contribution >= 4 is 15.9 Å². The number of aromatic nitrogens is 2. The Morgan fingerprint density at radius 2 is 2.43 bits per heavy atom. The van der Waals surface area contributed by atoms with Gasteiger partial charge >= 0.3 is 0 Å². The molecule has 0 saturated heterocycles. The van der Waals surface area contributed by atoms with Crippen LogP contribution < -0.4 is 4.74 Å². The smallest absolute Gasteiger partial charge is 0.144 e. The van der Waals surface area contributed by atoms with Gasteiger partial charge in [0.15, 0.2) is 0 Å². The summed E-state index contributed by atoms with van der Waals surface area (Å²) >= 11 is 2.96. The molecule has 0 N–H and O–H groups in total. The summed E-state index contributed by atoms with van der Waals surface area (Å²) in [5, 5.41) is 3.68. The highest BCUT2D eigenvalue weighted by Crippen LogP contribution is 2.22. The van der Waals surface area contributed by atoms with E-state index < -0.39 is 42.6 Å². The number of ether oxygens (including phenoxy) is 1. The van der Waals surface area contributed by atoms with Gasteiger partial charge in [-0.15, -0.1) is 0 Å². The summed E-state index contributed by atoms with van der Waals surface area (Å²) in [6.07, 6.45) is -0.724. The van der Waals surface area contributed by atoms with Crippen molar-refractivity contribution in [2.24, 2.45) is 0 Å². The number of hydrogen-bond donors (Lipinski definition) is 0. The van der Waals surface area contributed by atoms with Crippen LogP contribution in [0.25, 0.3) is 5.69 Å². The second kappa shape index (κ2) is 3.84. The molecule has 4 heteroatoms. The number of nitrogens with zero attached hydrogens (tertiary/aromatic N) is 2. The standard InChI is InChI=1S/C10H9BrN2O/c1-14-10-5-3-2-4-9(10)13-7-8(11)6-12-13/h2-7H,1H3/i1D3,2D,3D,4D,5D,6D,7D. The SMILES string of the molecule is [2H]c1nn(-c2c([2H])c([2H])c([2H])c([2H])c2OC([2H])([2H])[2H])c([2H])c1Br. The maximum absolute atomic E-state index is 7.92. The molecular weight excluding hydrogens is 244 g/mol. The number of halogens is 1. The van der Waals surface area contributed by atoms with Gasteiger partial charge in [-0.2, -0.15) is 5.10 Å². The number of rotatable bonds is 2. The highest BCUT2D eigenvalue weighted by molar-refractivity contribution is 9.10. The fraction of sp³-hybridized carbons (Fsp3) is 0.100. The summed E-state index contributed by atoms with van der Waals surface area (Å²) < 4.78 is 73.3. The zero-order valence-corrected chi connectivity index (χ0v) is 8.27. The summed E-state index contributed by atoms with van der Waals surface area (Å²) in [6, 6.07) is -2.66. The second-order valence-corrected chi connectivity index (χ2v) is 3.02. The predicted octanol–water partition coefficient (Wildman–Crippen LogP) is 2.64. The van der Waals surface area contributed by atoms with Gasteiger partial charge in [-0.25, -0.2) is 4.68 Å². The molecule has 72 valence electrons. The minimum atomic E-state index is -2.97. The van der Waals surface area contributed by atoms with Crippen LogP contribution in [0.4, 0.5) is 0 Å². The highest BCUT2D eigenvalue weighted by Gasteiger charge is 2.04. The molecule has 2 aromatic rings. The summed E-state index contributed by atoms with van der Waals surface area (Å²) in [7, 11) is -2.97. The van der Waals surface area contributed by atoms with E-state index >= 15 is 0 Å². The minimum absolute atomic E-state index is 0.00950. The average molecular weight is 262 g/mol. The Morgan fingerprint density at radius 3 is 3.14 bits per heavy atom. The molecule has 0 aliphatic rings. The lowest BCUT2D eigenvalue weighted by Crippen LogP contribution is -1.97. The van der Waals surface area contributed by atoms with Crippen molar-refractivity contribution in [1.29, 1.82) is 0 Å². The largest absolute Gasteiger partial charge is 0.494 e. The van der Waals surface area contributed by atoms with Crippen molar-refractivity contribution in [3.63, 3.8) is 0 Å². The first-order chi connectivity index (χ1) is 10.5. The van der Waals surface area contributed by atoms with E-state index in [4.69, 9.17) is 17.1 Å². The Kier molecular flexibility index (Phi) is 0.926. The first-order valence-corrected chi connectivity index (χ1v) is 4.26. The maximum atomic E-state index is 7.92. The minimum Gasteiger partial charge on any atom is -0.494 e. The van der Waals surface area contributed by atoms with Crippen molar-refractivity contribution in [1.82, 2.24) is 9.78 Å². The lowest BCUT2D eigenvalue weighted by atomic mass is 10.3. The van der Waals surface area contributed by atoms with Gasteiger partial charge in [0.1, 0.15) is 11.4 Å². The fourth-order valence-electron chi connectivity index (χ4n) is 0.860. The van der Waals surface area contributed by atoms with Crippen LogP contribution in [-0.4, -0.2) is 16.8 Å². The van der Waals surface area contributed by atoms with Gasteiger partial charge in [0.25, 0.3) is 0 Å². The van der Waals surface area contributed by atoms with Crippen molar-refractivity contribution in [3.8, 4) is 11.4 Å². The van der Waals surface area contributed by atoms with Gasteiger partial charge in [0, 0.05) is 6.17 Å². The van der Waals surface area contributed by atoms with E-state index in [1.807, 2.05) is 0 Å². The average Bonchev–Trinajstić information content (AvgIpc) is 2.69. The van der Waals surface area contributed by atoms with E-state index in [1.165, 1.54) is 0 Å². The Labute approximate surface area is 103 Å². The molecule has 0 unspecified atom stereocenters. The first-order valence-electron chi connectivity index (χ1n) is 7.97. The van der Waals surface area contributed by atoms with Crippen molar-refractivity contribution < 1.29 is 17.1 Å². The van der Waals surface area contributed by atoms with Crippen LogP contribution in [0.1, 0.15) is 12.3 Å². The number of methoxy groups -OCH3 is 1. The monoisotopic (exact) mass is 261 g/mol. The van der Waals surface area contributed by atoms with Crippen molar-refractivity contribution in [2.75, 3.05) is 7.04 Å². The Balaban J connectivity index is 2.87. The van der Waals surface area contributed by atoms with Crippen LogP contribution in [0.2, 0.25) is 0 Å². The molecule has 0 aliphatic heterocycles. The molecule has 14 heavy (non-hydrogen) atoms. The van der Waals surface area contributed by atoms with E-state index in [1.54, 1.807) is 0 Å². The summed E-state index contributed by atoms with van der Waals surface area (Å²) in [5.74, 6) is -0.667. The molecule has 0 amide bonds. The van der Waals surface area contributed by atoms with Crippen LogP contribution in [0.5, 0.6) is 5.75 Å². The van der Waals surface area contributed by atoms with E-state index in [0.717, 1.165) is 4.68 Å². The quantitative estimate of drug-likeness (QED) is 0.831. The number of para-hydroxylation sites is 2. The molecule has 0 saturated carbocycles. The predicted molar refractivity (Wildman–Crippen MR) is 57.8 cm³/mol. The van der Waals surface area contributed by atoms with Gasteiger partial charge < -0.3 is 4.74 Å². The fourth-order valence-corrected chi connectivity index (χ4v) is 1.11. The molecule has 0 radical (unpaired) electrons. The van der Waals surface area contributed by atoms with Gasteiger partial charge in [0.05, 0.1) is 30.0 Å². The molecule has 0 bridgehead atoms. The van der Waals surface area contributed by atoms with Crippen molar-refractivity contribution in [2.45, 2.75) is 0 Å². The maximum Gasteiger partial charge on any atom is 0.144 e. The molecule has 2 rings (SSSR count). The number of benzene rings is 1. The molecule has 0 aliphatic carbocycles. The third-order valence-corrected chi connectivity index (χ3v) is 1.76. The van der Waals surface area contributed by atoms with E-state index in [9.17, 15) is 0 Å². The number of hydrogen-bond acceptors (Lipinski definition) is 2. The lowest BCUT2D eigenvalue weighted by Gasteiger charge is -2.06. The summed E-state index contributed by atoms with van der Waals surface area (Å²) in [4.78, 5) is 0. The van der Waals surface area contributed by atoms with E-state index in [-0.39, 0.29) is 16.8 Å². The van der Waals surface area contributed by atoms with Crippen LogP contribution in [0.15, 0.2) is 41.0 Å². The van der Waals surface area contributed by atoms with Gasteiger partial charge in [0.2, 0.25) is 0 Å². The van der Waals surface area contributed by atoms with Crippen LogP contribution in [0, 0.1) is 0 Å². The molecule has 1 aromatic heterocycles. The molecule has 3 nitrogen and oxygen atoms in total. The first kappa shape index (κ1) is 3.38. The molecule has 1 heterocycles. The molecule has 1 aromatic carbocycles. The third-order valence-electron chi connectivity index (χ3n) is 1.40. The molecule has 0 fully saturated rings. The molecule has 0 spiro atoms. The summed E-state index contributed by atoms with van der Waals surface area (Å²) in [5.41, 5.74) is -0.448. The van der Waals surface area contributed by atoms with Crippen molar-refractivity contribution in [3.05, 3.63) is 41.0 Å². The third kappa shape index (κ3) is 1.65. The van der Waals surface area contributed by atoms with Crippen LogP contribution in [-0.2, 0) is 0 Å². The van der Waals surface area contributed by atoms with E-state index in [2.05, 4.69) is 21.0 Å². The zero-order valence-electron chi connectivity index (χ0n) is 15.7. The normalized spacial score (nSPS) is 20.2. The Morgan fingerprint density at radius 1 is 1.57 bits per heavy atom. The van der Waals surface area contributed by atoms with Gasteiger partial charge in [-0.1, -0.05) is 12.1 Å². The lowest BCUT2D eigenvalue weighted by molar-refractivity contribution is 0.411. The van der Waals surface area contributed by atoms with Crippen LogP contribution >= 0.6 is 15.9 Å². The topological polar surface area (TPSA) is 27.1 Å². The summed E-state index contributed by atoms with van der Waals surface area (Å²) in [6.45, 7) is 0. The second-order valence-electron chi connectivity index (χ2n) is 2.23. The van der Waals surface area contributed by atoms with Crippen LogP contribution in [0.3, 0.4) is 0 Å². The molecular formula is C10H9BrN2O. The van der Waals surface area contributed by atoms with E-state index in [0.29, 0.717) is 0 Å². The Hall–Kier alpha value is -1.29. The highest BCUT2D eigenvalue weighted by atomic mass is 79.9. The molecule has 0 atom stereocenters. The Bertz CT molecular complexity index is 786. The van der Waals surface area contributed by atoms with Gasteiger partial charge in [-0.05, 0) is 28.0 Å².